The summed E-state index contributed by atoms with van der Waals surface area (Å²) in [4.78, 5) is 109. The van der Waals surface area contributed by atoms with E-state index in [1.54, 1.807) is 70.3 Å². The van der Waals surface area contributed by atoms with Crippen LogP contribution in [0.5, 0.6) is 0 Å². The number of aromatic nitrogens is 1. The van der Waals surface area contributed by atoms with Gasteiger partial charge in [0.1, 0.15) is 36.3 Å². The van der Waals surface area contributed by atoms with Crippen LogP contribution in [0.2, 0.25) is 0 Å². The van der Waals surface area contributed by atoms with Gasteiger partial charge in [-0.25, -0.2) is 4.79 Å². The molecule has 356 valence electrons. The Bertz CT molecular complexity index is 2080. The third-order valence-corrected chi connectivity index (χ3v) is 10.4. The molecule has 0 fully saturated rings. The third kappa shape index (κ3) is 17.6. The normalized spacial score (nSPS) is 14.5. The summed E-state index contributed by atoms with van der Waals surface area (Å²) >= 11 is 0. The molecule has 2 aromatic carbocycles. The smallest absolute Gasteiger partial charge is 0.326 e. The van der Waals surface area contributed by atoms with Crippen LogP contribution in [0.4, 0.5) is 0 Å². The largest absolute Gasteiger partial charge is 0.481 e. The Morgan fingerprint density at radius 2 is 1.11 bits per heavy atom. The molecule has 1 heterocycles. The van der Waals surface area contributed by atoms with Crippen molar-refractivity contribution in [1.29, 1.82) is 0 Å². The minimum atomic E-state index is -1.80. The van der Waals surface area contributed by atoms with Crippen molar-refractivity contribution < 1.29 is 53.7 Å². The van der Waals surface area contributed by atoms with Gasteiger partial charge in [0.05, 0.1) is 19.1 Å². The van der Waals surface area contributed by atoms with E-state index in [0.717, 1.165) is 16.5 Å². The summed E-state index contributed by atoms with van der Waals surface area (Å²) in [5.41, 5.74) is 13.8. The fourth-order valence-corrected chi connectivity index (χ4v) is 7.07. The highest BCUT2D eigenvalue weighted by molar-refractivity contribution is 5.98. The molecule has 1 aromatic heterocycles. The van der Waals surface area contributed by atoms with Crippen LogP contribution >= 0.6 is 0 Å². The number of carboxylic acid groups (broad SMARTS) is 2. The van der Waals surface area contributed by atoms with Gasteiger partial charge < -0.3 is 63.7 Å². The number of benzene rings is 2. The van der Waals surface area contributed by atoms with Crippen molar-refractivity contribution >= 4 is 58.3 Å². The first-order valence-electron chi connectivity index (χ1n) is 21.8. The van der Waals surface area contributed by atoms with Crippen molar-refractivity contribution in [3.63, 3.8) is 0 Å². The molecule has 0 saturated heterocycles. The van der Waals surface area contributed by atoms with E-state index in [0.29, 0.717) is 24.9 Å². The van der Waals surface area contributed by atoms with Crippen molar-refractivity contribution in [2.75, 3.05) is 13.2 Å². The number of unbranched alkanes of at least 4 members (excludes halogenated alkanes) is 1. The maximum atomic E-state index is 14.3. The Hall–Kier alpha value is -6.38. The Morgan fingerprint density at radius 3 is 1.72 bits per heavy atom. The summed E-state index contributed by atoms with van der Waals surface area (Å²) < 4.78 is 0. The van der Waals surface area contributed by atoms with Gasteiger partial charge in [-0.05, 0) is 74.1 Å². The molecule has 0 aliphatic rings. The van der Waals surface area contributed by atoms with Crippen molar-refractivity contribution in [3.8, 4) is 0 Å². The van der Waals surface area contributed by atoms with Gasteiger partial charge >= 0.3 is 11.9 Å². The molecule has 0 unspecified atom stereocenters. The predicted molar refractivity (Wildman–Crippen MR) is 240 cm³/mol. The molecule has 0 saturated carbocycles. The first-order valence-corrected chi connectivity index (χ1v) is 21.8. The second-order valence-electron chi connectivity index (χ2n) is 16.9. The monoisotopic (exact) mass is 907 g/mol. The summed E-state index contributed by atoms with van der Waals surface area (Å²) in [6.45, 7) is 6.49. The highest BCUT2D eigenvalue weighted by Crippen LogP contribution is 2.20. The lowest BCUT2D eigenvalue weighted by Crippen LogP contribution is -2.60. The number of aliphatic carboxylic acids is 2. The van der Waals surface area contributed by atoms with Crippen LogP contribution in [-0.2, 0) is 51.2 Å². The van der Waals surface area contributed by atoms with E-state index in [2.05, 4.69) is 36.9 Å². The summed E-state index contributed by atoms with van der Waals surface area (Å²) in [6.07, 6.45) is 1.83. The Morgan fingerprint density at radius 1 is 0.600 bits per heavy atom. The summed E-state index contributed by atoms with van der Waals surface area (Å²) in [5.74, 6) is -8.44. The molecule has 7 atom stereocenters. The van der Waals surface area contributed by atoms with Crippen LogP contribution in [0, 0.1) is 11.8 Å². The molecule has 20 heteroatoms. The highest BCUT2D eigenvalue weighted by Gasteiger charge is 2.35. The number of para-hydroxylation sites is 1. The number of H-pyrrole nitrogens is 1. The minimum Gasteiger partial charge on any atom is -0.481 e. The first kappa shape index (κ1) is 53.0. The van der Waals surface area contributed by atoms with Crippen molar-refractivity contribution in [2.45, 2.75) is 121 Å². The lowest BCUT2D eigenvalue weighted by Gasteiger charge is -2.28. The number of nitrogens with two attached hydrogens (primary N) is 2. The number of hydrogen-bond donors (Lipinski definition) is 12. The SMILES string of the molecule is CC(C)C[C@H](NC(=O)[C@H](CCCCN)NC(=O)[C@H](Cc1c[nH]c2ccccc12)NC(=O)[C@H](CC(C)C)NC(=O)[C@H](CC(=O)O)NC(=O)[C@H](CO)NC(=O)[C@@H](N)Cc1ccccc1)C(=O)O. The van der Waals surface area contributed by atoms with E-state index < -0.39 is 103 Å². The zero-order valence-corrected chi connectivity index (χ0v) is 37.3. The number of rotatable bonds is 28. The Labute approximate surface area is 377 Å². The molecular weight excluding hydrogens is 843 g/mol. The van der Waals surface area contributed by atoms with Gasteiger partial charge in [-0.2, -0.15) is 0 Å². The number of nitrogens with one attached hydrogen (secondary N) is 7. The van der Waals surface area contributed by atoms with Crippen LogP contribution in [0.3, 0.4) is 0 Å². The predicted octanol–water partition coefficient (Wildman–Crippen LogP) is -0.0380. The van der Waals surface area contributed by atoms with Crippen molar-refractivity contribution in [1.82, 2.24) is 36.9 Å². The molecule has 0 aliphatic heterocycles. The van der Waals surface area contributed by atoms with Crippen LogP contribution in [0.1, 0.15) is 77.3 Å². The first-order chi connectivity index (χ1) is 30.8. The highest BCUT2D eigenvalue weighted by atomic mass is 16.4. The molecule has 0 spiro atoms. The van der Waals surface area contributed by atoms with E-state index in [-0.39, 0.29) is 43.9 Å². The van der Waals surface area contributed by atoms with Crippen molar-refractivity contribution in [2.24, 2.45) is 23.3 Å². The van der Waals surface area contributed by atoms with Gasteiger partial charge in [-0.1, -0.05) is 76.2 Å². The van der Waals surface area contributed by atoms with Gasteiger partial charge in [-0.15, -0.1) is 0 Å². The fourth-order valence-electron chi connectivity index (χ4n) is 7.07. The van der Waals surface area contributed by atoms with Crippen LogP contribution in [0.25, 0.3) is 10.9 Å². The van der Waals surface area contributed by atoms with Crippen LogP contribution < -0.4 is 43.4 Å². The zero-order valence-electron chi connectivity index (χ0n) is 37.3. The summed E-state index contributed by atoms with van der Waals surface area (Å²) in [7, 11) is 0. The number of carbonyl (C=O) groups is 8. The summed E-state index contributed by atoms with van der Waals surface area (Å²) in [5, 5.41) is 45.3. The van der Waals surface area contributed by atoms with E-state index in [1.165, 1.54) is 0 Å². The lowest BCUT2D eigenvalue weighted by molar-refractivity contribution is -0.143. The quantitative estimate of drug-likeness (QED) is 0.0427. The molecule has 0 radical (unpaired) electrons. The average Bonchev–Trinajstić information content (AvgIpc) is 3.66. The average molecular weight is 908 g/mol. The maximum Gasteiger partial charge on any atom is 0.326 e. The molecule has 14 N–H and O–H groups in total. The number of amides is 6. The summed E-state index contributed by atoms with van der Waals surface area (Å²) in [6, 6.07) is 6.27. The number of hydrogen-bond acceptors (Lipinski definition) is 11. The molecule has 3 aromatic rings. The number of fused-ring (bicyclic) bond motifs is 1. The number of aromatic amines is 1. The standard InChI is InChI=1S/C45H65N9O11/c1-25(2)18-33(50-43(62)35(22-38(56)57)52-44(63)37(24-55)54-39(58)30(47)20-27-12-6-5-7-13-27)41(60)51-34(21-28-23-48-31-15-9-8-14-29(28)31)42(61)49-32(16-10-11-17-46)40(59)53-36(45(64)65)19-26(3)4/h5-9,12-15,23,25-26,30,32-37,48,55H,10-11,16-22,24,46-47H2,1-4H3,(H,49,61)(H,50,62)(H,51,60)(H,52,63)(H,53,59)(H,54,58)(H,56,57)(H,64,65)/t30-,32-,33-,34-,35-,36-,37-/m0/s1. The Balaban J connectivity index is 1.88. The maximum absolute atomic E-state index is 14.3. The minimum absolute atomic E-state index is 0.0160. The molecule has 3 rings (SSSR count). The number of aliphatic hydroxyl groups excluding tert-OH is 1. The van der Waals surface area contributed by atoms with E-state index in [4.69, 9.17) is 11.5 Å². The Kier molecular flexibility index (Phi) is 21.5. The molecule has 0 aliphatic carbocycles. The van der Waals surface area contributed by atoms with Gasteiger partial charge in [0.25, 0.3) is 0 Å². The zero-order chi connectivity index (χ0) is 48.2. The molecule has 0 bridgehead atoms. The fraction of sp³-hybridized carbons (Fsp3) is 0.511. The van der Waals surface area contributed by atoms with Crippen LogP contribution in [-0.4, -0.2) is 123 Å². The topological polar surface area (TPSA) is 337 Å². The number of carboxylic acids is 2. The molecule has 65 heavy (non-hydrogen) atoms. The van der Waals surface area contributed by atoms with E-state index in [9.17, 15) is 53.7 Å². The van der Waals surface area contributed by atoms with Crippen LogP contribution in [0.15, 0.2) is 60.8 Å². The molecular formula is C45H65N9O11. The van der Waals surface area contributed by atoms with Crippen molar-refractivity contribution in [3.05, 3.63) is 71.9 Å². The van der Waals surface area contributed by atoms with Gasteiger partial charge in [0.2, 0.25) is 35.4 Å². The molecule has 20 nitrogen and oxygen atoms in total. The molecule has 6 amide bonds. The number of carbonyl (C=O) groups excluding carboxylic acids is 6. The lowest BCUT2D eigenvalue weighted by atomic mass is 9.99. The second kappa shape index (κ2) is 26.4. The second-order valence-corrected chi connectivity index (χ2v) is 16.9. The van der Waals surface area contributed by atoms with E-state index >= 15 is 0 Å². The van der Waals surface area contributed by atoms with Gasteiger partial charge in [0, 0.05) is 23.5 Å². The van der Waals surface area contributed by atoms with Gasteiger partial charge in [-0.3, -0.25) is 33.6 Å². The number of aliphatic hydroxyl groups is 1. The third-order valence-electron chi connectivity index (χ3n) is 10.4. The van der Waals surface area contributed by atoms with Gasteiger partial charge in [0.15, 0.2) is 0 Å². The van der Waals surface area contributed by atoms with E-state index in [1.807, 2.05) is 18.2 Å².